The van der Waals surface area contributed by atoms with Gasteiger partial charge in [0.2, 0.25) is 0 Å². The number of likely N-dealkylation sites (tertiary alicyclic amines) is 1. The number of carbonyl (C=O) groups is 1. The van der Waals surface area contributed by atoms with Crippen LogP contribution in [0, 0.1) is 5.41 Å². The van der Waals surface area contributed by atoms with Crippen LogP contribution in [0.25, 0.3) is 0 Å². The number of hydrogen-bond donors (Lipinski definition) is 1. The van der Waals surface area contributed by atoms with Crippen LogP contribution in [-0.4, -0.2) is 57.4 Å². The molecule has 1 amide bonds. The Morgan fingerprint density at radius 1 is 1.27 bits per heavy atom. The molecule has 2 rings (SSSR count). The summed E-state index contributed by atoms with van der Waals surface area (Å²) in [6, 6.07) is 0.0370. The predicted molar refractivity (Wildman–Crippen MR) is 104 cm³/mol. The molecule has 2 heterocycles. The van der Waals surface area contributed by atoms with E-state index in [1.54, 1.807) is 4.90 Å². The average molecular weight is 389 g/mol. The molecule has 0 saturated carbocycles. The Bertz CT molecular complexity index is 536. The first-order valence-electron chi connectivity index (χ1n) is 9.68. The molecular formula is C19H36N2O4S. The molecule has 3 atom stereocenters. The Labute approximate surface area is 161 Å². The molecular weight excluding hydrogens is 352 g/mol. The van der Waals surface area contributed by atoms with E-state index in [-0.39, 0.29) is 28.4 Å². The van der Waals surface area contributed by atoms with Gasteiger partial charge < -0.3 is 14.4 Å². The van der Waals surface area contributed by atoms with E-state index in [0.717, 1.165) is 19.3 Å². The molecule has 2 aliphatic heterocycles. The molecule has 2 aliphatic rings. The van der Waals surface area contributed by atoms with Crippen molar-refractivity contribution < 1.29 is 18.5 Å². The minimum atomic E-state index is -1.13. The second-order valence-electron chi connectivity index (χ2n) is 9.32. The average Bonchev–Trinajstić information content (AvgIpc) is 2.83. The van der Waals surface area contributed by atoms with E-state index >= 15 is 0 Å². The van der Waals surface area contributed by atoms with E-state index < -0.39 is 16.6 Å². The summed E-state index contributed by atoms with van der Waals surface area (Å²) in [4.78, 5) is 14.1. The Hall–Kier alpha value is -0.660. The van der Waals surface area contributed by atoms with Gasteiger partial charge in [-0.15, -0.1) is 0 Å². The van der Waals surface area contributed by atoms with Gasteiger partial charge in [0.25, 0.3) is 0 Å². The first kappa shape index (κ1) is 21.6. The lowest BCUT2D eigenvalue weighted by Crippen LogP contribution is -2.56. The van der Waals surface area contributed by atoms with Gasteiger partial charge in [0.15, 0.2) is 0 Å². The molecule has 1 spiro atoms. The van der Waals surface area contributed by atoms with E-state index in [1.165, 1.54) is 0 Å². The van der Waals surface area contributed by atoms with Gasteiger partial charge in [0.05, 0.1) is 34.5 Å². The number of nitrogens with one attached hydrogen (secondary N) is 1. The molecule has 26 heavy (non-hydrogen) atoms. The van der Waals surface area contributed by atoms with Crippen LogP contribution in [0.2, 0.25) is 0 Å². The van der Waals surface area contributed by atoms with Gasteiger partial charge in [0, 0.05) is 18.5 Å². The number of rotatable bonds is 4. The maximum absolute atomic E-state index is 12.8. The number of ether oxygens (including phenoxy) is 2. The summed E-state index contributed by atoms with van der Waals surface area (Å²) in [5, 5.41) is 0. The largest absolute Gasteiger partial charge is 0.444 e. The lowest BCUT2D eigenvalue weighted by molar-refractivity contribution is 0.00648. The van der Waals surface area contributed by atoms with Gasteiger partial charge in [-0.3, -0.25) is 0 Å². The molecule has 0 aliphatic carbocycles. The maximum atomic E-state index is 12.8. The Balaban J connectivity index is 2.03. The highest BCUT2D eigenvalue weighted by Crippen LogP contribution is 2.43. The van der Waals surface area contributed by atoms with Gasteiger partial charge >= 0.3 is 6.09 Å². The van der Waals surface area contributed by atoms with E-state index in [2.05, 4.69) is 11.6 Å². The number of carbonyl (C=O) groups excluding carboxylic acids is 1. The predicted octanol–water partition coefficient (Wildman–Crippen LogP) is 3.23. The van der Waals surface area contributed by atoms with Crippen LogP contribution in [0.4, 0.5) is 4.79 Å². The van der Waals surface area contributed by atoms with Gasteiger partial charge in [-0.25, -0.2) is 13.7 Å². The summed E-state index contributed by atoms with van der Waals surface area (Å²) >= 11 is 0. The highest BCUT2D eigenvalue weighted by atomic mass is 32.2. The zero-order chi connectivity index (χ0) is 19.8. The van der Waals surface area contributed by atoms with E-state index in [1.807, 2.05) is 41.5 Å². The first-order valence-corrected chi connectivity index (χ1v) is 10.8. The van der Waals surface area contributed by atoms with Crippen molar-refractivity contribution in [1.82, 2.24) is 9.62 Å². The molecule has 6 nitrogen and oxygen atoms in total. The lowest BCUT2D eigenvalue weighted by Gasteiger charge is -2.43. The number of nitrogens with zero attached hydrogens (tertiary/aromatic N) is 1. The van der Waals surface area contributed by atoms with Crippen molar-refractivity contribution in [3.05, 3.63) is 0 Å². The van der Waals surface area contributed by atoms with Crippen LogP contribution < -0.4 is 4.72 Å². The molecule has 0 aromatic rings. The lowest BCUT2D eigenvalue weighted by atomic mass is 9.73. The van der Waals surface area contributed by atoms with Crippen molar-refractivity contribution in [3.8, 4) is 0 Å². The third-order valence-corrected chi connectivity index (χ3v) is 7.52. The summed E-state index contributed by atoms with van der Waals surface area (Å²) in [5.74, 6) is 0. The normalized spacial score (nSPS) is 27.6. The SMILES string of the molecule is CCC(C)(C)[S@](=O)N[C@@H]1[C@H](C)OCC12CCN(C(=O)OC(C)(C)C)CC2. The molecule has 0 unspecified atom stereocenters. The summed E-state index contributed by atoms with van der Waals surface area (Å²) in [6.45, 7) is 15.7. The Morgan fingerprint density at radius 3 is 2.35 bits per heavy atom. The minimum Gasteiger partial charge on any atom is -0.444 e. The van der Waals surface area contributed by atoms with Crippen molar-refractivity contribution in [2.24, 2.45) is 5.41 Å². The molecule has 7 heteroatoms. The minimum absolute atomic E-state index is 0.0136. The van der Waals surface area contributed by atoms with Crippen molar-refractivity contribution in [3.63, 3.8) is 0 Å². The topological polar surface area (TPSA) is 67.9 Å². The van der Waals surface area contributed by atoms with E-state index in [4.69, 9.17) is 9.47 Å². The van der Waals surface area contributed by atoms with Gasteiger partial charge in [0.1, 0.15) is 5.60 Å². The smallest absolute Gasteiger partial charge is 0.410 e. The second kappa shape index (κ2) is 7.76. The van der Waals surface area contributed by atoms with Crippen LogP contribution in [0.15, 0.2) is 0 Å². The van der Waals surface area contributed by atoms with E-state index in [9.17, 15) is 9.00 Å². The summed E-state index contributed by atoms with van der Waals surface area (Å²) in [5.41, 5.74) is -0.554. The summed E-state index contributed by atoms with van der Waals surface area (Å²) in [6.07, 6.45) is 2.27. The highest BCUT2D eigenvalue weighted by Gasteiger charge is 2.51. The van der Waals surface area contributed by atoms with Crippen LogP contribution in [0.1, 0.15) is 67.7 Å². The van der Waals surface area contributed by atoms with Crippen molar-refractivity contribution >= 4 is 17.1 Å². The van der Waals surface area contributed by atoms with Gasteiger partial charge in [-0.2, -0.15) is 0 Å². The quantitative estimate of drug-likeness (QED) is 0.803. The maximum Gasteiger partial charge on any atom is 0.410 e. The standard InChI is InChI=1S/C19H36N2O4S/c1-8-18(6,7)26(23)20-15-14(2)24-13-19(15)9-11-21(12-10-19)16(22)25-17(3,4)5/h14-15,20H,8-13H2,1-7H3/t14-,15+,26-/m0/s1. The second-order valence-corrected chi connectivity index (χ2v) is 11.2. The zero-order valence-electron chi connectivity index (χ0n) is 17.4. The summed E-state index contributed by atoms with van der Waals surface area (Å²) in [7, 11) is -1.13. The molecule has 0 bridgehead atoms. The molecule has 0 aromatic carbocycles. The number of hydrogen-bond acceptors (Lipinski definition) is 4. The number of amides is 1. The third-order valence-electron chi connectivity index (χ3n) is 5.76. The van der Waals surface area contributed by atoms with E-state index in [0.29, 0.717) is 19.7 Å². The monoisotopic (exact) mass is 388 g/mol. The molecule has 0 aromatic heterocycles. The van der Waals surface area contributed by atoms with Gasteiger partial charge in [-0.1, -0.05) is 6.92 Å². The van der Waals surface area contributed by atoms with Crippen LogP contribution in [-0.2, 0) is 20.5 Å². The Kier molecular flexibility index (Phi) is 6.46. The molecule has 2 saturated heterocycles. The highest BCUT2D eigenvalue weighted by molar-refractivity contribution is 7.84. The fourth-order valence-corrected chi connectivity index (χ4v) is 4.78. The van der Waals surface area contributed by atoms with Crippen molar-refractivity contribution in [2.75, 3.05) is 19.7 Å². The molecule has 0 radical (unpaired) electrons. The first-order chi connectivity index (χ1) is 11.9. The van der Waals surface area contributed by atoms with Crippen LogP contribution in [0.3, 0.4) is 0 Å². The Morgan fingerprint density at radius 2 is 1.85 bits per heavy atom. The number of piperidine rings is 1. The fraction of sp³-hybridized carbons (Fsp3) is 0.947. The molecule has 152 valence electrons. The van der Waals surface area contributed by atoms with Gasteiger partial charge in [-0.05, 0) is 60.8 Å². The summed E-state index contributed by atoms with van der Waals surface area (Å²) < 4.78 is 27.4. The van der Waals surface area contributed by atoms with Crippen molar-refractivity contribution in [1.29, 1.82) is 0 Å². The fourth-order valence-electron chi connectivity index (χ4n) is 3.52. The van der Waals surface area contributed by atoms with Crippen LogP contribution in [0.5, 0.6) is 0 Å². The van der Waals surface area contributed by atoms with Crippen molar-refractivity contribution in [2.45, 2.75) is 90.2 Å². The molecule has 2 fully saturated rings. The third kappa shape index (κ3) is 4.78. The van der Waals surface area contributed by atoms with Crippen LogP contribution >= 0.6 is 0 Å². The molecule has 1 N–H and O–H groups in total. The zero-order valence-corrected chi connectivity index (χ0v) is 18.2.